The van der Waals surface area contributed by atoms with Gasteiger partial charge in [-0.15, -0.1) is 16.8 Å². The van der Waals surface area contributed by atoms with Crippen LogP contribution in [0.3, 0.4) is 0 Å². The number of rotatable bonds is 7. The van der Waals surface area contributed by atoms with Gasteiger partial charge < -0.3 is 9.88 Å². The monoisotopic (exact) mass is 367 g/mol. The number of thioether (sulfide) groups is 1. The van der Waals surface area contributed by atoms with Crippen molar-refractivity contribution in [2.45, 2.75) is 18.6 Å². The molecule has 8 nitrogen and oxygen atoms in total. The zero-order valence-electron chi connectivity index (χ0n) is 12.7. The predicted molar refractivity (Wildman–Crippen MR) is 92.4 cm³/mol. The predicted octanol–water partition coefficient (Wildman–Crippen LogP) is 3.06. The van der Waals surface area contributed by atoms with Crippen LogP contribution in [0.25, 0.3) is 0 Å². The number of hydrogen-bond donors (Lipinski definition) is 1. The first-order chi connectivity index (χ1) is 11.4. The molecule has 0 saturated carbocycles. The van der Waals surface area contributed by atoms with Gasteiger partial charge in [-0.2, -0.15) is 0 Å². The van der Waals surface area contributed by atoms with Gasteiger partial charge >= 0.3 is 0 Å². The molecule has 0 saturated heterocycles. The Balaban J connectivity index is 2.06. The molecule has 1 aromatic carbocycles. The maximum Gasteiger partial charge on any atom is 0.292 e. The fraction of sp³-hybridized carbons (Fsp3) is 0.214. The summed E-state index contributed by atoms with van der Waals surface area (Å²) in [5.41, 5.74) is -0.162. The number of carbonyl (C=O) groups excluding carboxylic acids is 1. The second-order valence-corrected chi connectivity index (χ2v) is 6.06. The average Bonchev–Trinajstić information content (AvgIpc) is 2.86. The van der Waals surface area contributed by atoms with Gasteiger partial charge in [0.25, 0.3) is 5.69 Å². The van der Waals surface area contributed by atoms with Crippen LogP contribution in [0.1, 0.15) is 5.82 Å². The van der Waals surface area contributed by atoms with E-state index >= 15 is 0 Å². The maximum absolute atomic E-state index is 12.1. The lowest BCUT2D eigenvalue weighted by molar-refractivity contribution is -0.383. The number of nitrogens with zero attached hydrogens (tertiary/aromatic N) is 4. The molecular formula is C14H14ClN5O3S. The number of aryl methyl sites for hydroxylation is 1. The Morgan fingerprint density at radius 2 is 2.29 bits per heavy atom. The van der Waals surface area contributed by atoms with E-state index in [9.17, 15) is 14.9 Å². The number of nitro benzene ring substituents is 1. The van der Waals surface area contributed by atoms with Crippen LogP contribution in [-0.2, 0) is 11.3 Å². The first-order valence-corrected chi connectivity index (χ1v) is 8.16. The van der Waals surface area contributed by atoms with Crippen LogP contribution in [0.4, 0.5) is 11.4 Å². The molecule has 1 N–H and O–H groups in total. The van der Waals surface area contributed by atoms with Crippen LogP contribution >= 0.6 is 23.4 Å². The molecule has 1 amide bonds. The smallest absolute Gasteiger partial charge is 0.292 e. The molecule has 0 bridgehead atoms. The number of halogens is 1. The molecule has 0 aliphatic heterocycles. The topological polar surface area (TPSA) is 103 Å². The minimum atomic E-state index is -0.580. The zero-order chi connectivity index (χ0) is 17.7. The molecule has 0 radical (unpaired) electrons. The van der Waals surface area contributed by atoms with Gasteiger partial charge in [-0.1, -0.05) is 29.4 Å². The Bertz CT molecular complexity index is 793. The van der Waals surface area contributed by atoms with Crippen LogP contribution < -0.4 is 5.32 Å². The van der Waals surface area contributed by atoms with Gasteiger partial charge in [-0.05, 0) is 19.1 Å². The van der Waals surface area contributed by atoms with Crippen LogP contribution in [0, 0.1) is 17.0 Å². The second-order valence-electron chi connectivity index (χ2n) is 4.68. The number of hydrogen-bond acceptors (Lipinski definition) is 6. The van der Waals surface area contributed by atoms with Gasteiger partial charge in [-0.3, -0.25) is 14.9 Å². The van der Waals surface area contributed by atoms with E-state index in [1.807, 2.05) is 4.57 Å². The summed E-state index contributed by atoms with van der Waals surface area (Å²) in [6.45, 7) is 5.99. The first-order valence-electron chi connectivity index (χ1n) is 6.79. The lowest BCUT2D eigenvalue weighted by Crippen LogP contribution is -2.15. The highest BCUT2D eigenvalue weighted by Gasteiger charge is 2.17. The third-order valence-electron chi connectivity index (χ3n) is 2.98. The lowest BCUT2D eigenvalue weighted by Gasteiger charge is -2.07. The quantitative estimate of drug-likeness (QED) is 0.349. The normalized spacial score (nSPS) is 10.4. The van der Waals surface area contributed by atoms with Gasteiger partial charge in [-0.25, -0.2) is 0 Å². The van der Waals surface area contributed by atoms with Crippen molar-refractivity contribution < 1.29 is 9.72 Å². The van der Waals surface area contributed by atoms with Crippen LogP contribution in [-0.4, -0.2) is 31.3 Å². The van der Waals surface area contributed by atoms with Crippen molar-refractivity contribution in [1.29, 1.82) is 0 Å². The zero-order valence-corrected chi connectivity index (χ0v) is 14.3. The van der Waals surface area contributed by atoms with E-state index < -0.39 is 10.8 Å². The third kappa shape index (κ3) is 4.33. The summed E-state index contributed by atoms with van der Waals surface area (Å²) in [5, 5.41) is 22.3. The minimum absolute atomic E-state index is 0.0267. The average molecular weight is 368 g/mol. The highest BCUT2D eigenvalue weighted by atomic mass is 35.5. The van der Waals surface area contributed by atoms with Crippen molar-refractivity contribution in [3.8, 4) is 0 Å². The molecule has 0 aliphatic rings. The van der Waals surface area contributed by atoms with Crippen LogP contribution in [0.5, 0.6) is 0 Å². The number of aromatic nitrogens is 3. The molecule has 10 heteroatoms. The Kier molecular flexibility index (Phi) is 5.93. The summed E-state index contributed by atoms with van der Waals surface area (Å²) < 4.78 is 1.81. The molecule has 2 rings (SSSR count). The van der Waals surface area contributed by atoms with E-state index in [1.165, 1.54) is 30.0 Å². The Morgan fingerprint density at radius 1 is 1.54 bits per heavy atom. The summed E-state index contributed by atoms with van der Waals surface area (Å²) in [6.07, 6.45) is 1.70. The number of anilines is 1. The fourth-order valence-electron chi connectivity index (χ4n) is 1.89. The summed E-state index contributed by atoms with van der Waals surface area (Å²) in [4.78, 5) is 22.5. The number of nitrogens with one attached hydrogen (secondary N) is 1. The molecule has 2 aromatic rings. The van der Waals surface area contributed by atoms with E-state index in [0.717, 1.165) is 0 Å². The van der Waals surface area contributed by atoms with Gasteiger partial charge in [0.1, 0.15) is 11.5 Å². The molecular weight excluding hydrogens is 354 g/mol. The summed E-state index contributed by atoms with van der Waals surface area (Å²) in [5.74, 6) is 0.332. The van der Waals surface area contributed by atoms with Gasteiger partial charge in [0.2, 0.25) is 5.91 Å². The van der Waals surface area contributed by atoms with Crippen molar-refractivity contribution in [2.75, 3.05) is 11.1 Å². The molecule has 126 valence electrons. The Morgan fingerprint density at radius 3 is 2.96 bits per heavy atom. The van der Waals surface area contributed by atoms with E-state index in [4.69, 9.17) is 11.6 Å². The number of allylic oxidation sites excluding steroid dienone is 1. The van der Waals surface area contributed by atoms with Crippen molar-refractivity contribution in [2.24, 2.45) is 0 Å². The standard InChI is InChI=1S/C14H14ClN5O3S/c1-3-6-19-9(2)17-18-14(19)24-8-13(21)16-11-7-10(15)4-5-12(11)20(22)23/h3-5,7H,1,6,8H2,2H3,(H,16,21). The number of amides is 1. The van der Waals surface area contributed by atoms with Crippen LogP contribution in [0.2, 0.25) is 5.02 Å². The van der Waals surface area contributed by atoms with Crippen molar-refractivity contribution in [1.82, 2.24) is 14.8 Å². The van der Waals surface area contributed by atoms with Crippen molar-refractivity contribution >= 4 is 40.6 Å². The SMILES string of the molecule is C=CCn1c(C)nnc1SCC(=O)Nc1cc(Cl)ccc1[N+](=O)[O-]. The number of carbonyl (C=O) groups is 1. The summed E-state index contributed by atoms with van der Waals surface area (Å²) >= 11 is 7.01. The molecule has 0 spiro atoms. The molecule has 24 heavy (non-hydrogen) atoms. The number of nitro groups is 1. The van der Waals surface area contributed by atoms with Crippen LogP contribution in [0.15, 0.2) is 36.0 Å². The summed E-state index contributed by atoms with van der Waals surface area (Å²) in [7, 11) is 0. The third-order valence-corrected chi connectivity index (χ3v) is 4.18. The fourth-order valence-corrected chi connectivity index (χ4v) is 2.86. The van der Waals surface area contributed by atoms with E-state index in [1.54, 1.807) is 13.0 Å². The second kappa shape index (κ2) is 7.93. The first kappa shape index (κ1) is 18.0. The molecule has 0 atom stereocenters. The molecule has 0 unspecified atom stereocenters. The highest BCUT2D eigenvalue weighted by Crippen LogP contribution is 2.28. The van der Waals surface area contributed by atoms with E-state index in [0.29, 0.717) is 22.5 Å². The summed E-state index contributed by atoms with van der Waals surface area (Å²) in [6, 6.07) is 3.98. The number of benzene rings is 1. The van der Waals surface area contributed by atoms with Crippen molar-refractivity contribution in [3.05, 3.63) is 51.8 Å². The Labute approximate surface area is 147 Å². The van der Waals surface area contributed by atoms with E-state index in [-0.39, 0.29) is 17.1 Å². The van der Waals surface area contributed by atoms with E-state index in [2.05, 4.69) is 22.1 Å². The van der Waals surface area contributed by atoms with Crippen molar-refractivity contribution in [3.63, 3.8) is 0 Å². The van der Waals surface area contributed by atoms with Gasteiger partial charge in [0.05, 0.1) is 10.7 Å². The highest BCUT2D eigenvalue weighted by molar-refractivity contribution is 7.99. The van der Waals surface area contributed by atoms with Gasteiger partial charge in [0, 0.05) is 17.6 Å². The maximum atomic E-state index is 12.1. The largest absolute Gasteiger partial charge is 0.320 e. The molecule has 1 heterocycles. The Hall–Kier alpha value is -2.39. The minimum Gasteiger partial charge on any atom is -0.320 e. The molecule has 1 aromatic heterocycles. The lowest BCUT2D eigenvalue weighted by atomic mass is 10.2. The molecule has 0 fully saturated rings. The molecule has 0 aliphatic carbocycles. The van der Waals surface area contributed by atoms with Gasteiger partial charge in [0.15, 0.2) is 5.16 Å².